The summed E-state index contributed by atoms with van der Waals surface area (Å²) in [4.78, 5) is 27.9. The van der Waals surface area contributed by atoms with Crippen LogP contribution >= 0.6 is 0 Å². The summed E-state index contributed by atoms with van der Waals surface area (Å²) in [5, 5.41) is 8.02. The molecule has 1 atom stereocenters. The number of anilines is 1. The summed E-state index contributed by atoms with van der Waals surface area (Å²) in [5.74, 6) is 1.53. The Bertz CT molecular complexity index is 937. The van der Waals surface area contributed by atoms with Crippen LogP contribution in [0.25, 0.3) is 22.4 Å². The number of aromatic nitrogens is 5. The van der Waals surface area contributed by atoms with Gasteiger partial charge in [-0.2, -0.15) is 5.10 Å². The maximum Gasteiger partial charge on any atom is 0.224 e. The Morgan fingerprint density at radius 3 is 2.85 bits per heavy atom. The Hall–Kier alpha value is -3.03. The topological polar surface area (TPSA) is 88.8 Å². The van der Waals surface area contributed by atoms with E-state index in [4.69, 9.17) is 4.98 Å². The maximum atomic E-state index is 12.1. The highest BCUT2D eigenvalue weighted by atomic mass is 16.1. The van der Waals surface area contributed by atoms with Crippen LogP contribution in [0, 0.1) is 5.92 Å². The van der Waals surface area contributed by atoms with E-state index in [1.54, 1.807) is 30.3 Å². The third kappa shape index (κ3) is 2.87. The predicted octanol–water partition coefficient (Wildman–Crippen LogP) is 1.39. The van der Waals surface area contributed by atoms with E-state index < -0.39 is 0 Å². The molecule has 4 heterocycles. The second-order valence-electron chi connectivity index (χ2n) is 6.51. The molecular weight excluding hydrogens is 330 g/mol. The van der Waals surface area contributed by atoms with E-state index in [2.05, 4.69) is 25.3 Å². The summed E-state index contributed by atoms with van der Waals surface area (Å²) in [6.45, 7) is 1.51. The summed E-state index contributed by atoms with van der Waals surface area (Å²) in [5.41, 5.74) is 1.69. The molecule has 134 valence electrons. The first kappa shape index (κ1) is 16.4. The molecule has 1 aliphatic heterocycles. The number of hydrogen-bond acceptors (Lipinski definition) is 6. The van der Waals surface area contributed by atoms with Crippen molar-refractivity contribution in [2.45, 2.75) is 12.8 Å². The number of fused-ring (bicyclic) bond motifs is 1. The average molecular weight is 351 g/mol. The number of amides is 1. The zero-order valence-corrected chi connectivity index (χ0v) is 14.9. The summed E-state index contributed by atoms with van der Waals surface area (Å²) in [6, 6.07) is 3.79. The fraction of sp³-hybridized carbons (Fsp3) is 0.389. The maximum absolute atomic E-state index is 12.1. The van der Waals surface area contributed by atoms with Gasteiger partial charge in [0.15, 0.2) is 11.5 Å². The number of nitrogens with zero attached hydrogens (tertiary/aromatic N) is 6. The molecule has 1 saturated heterocycles. The van der Waals surface area contributed by atoms with Gasteiger partial charge in [-0.25, -0.2) is 9.97 Å². The lowest BCUT2D eigenvalue weighted by atomic mass is 9.97. The van der Waals surface area contributed by atoms with E-state index in [1.807, 2.05) is 19.2 Å². The van der Waals surface area contributed by atoms with Gasteiger partial charge in [0.1, 0.15) is 5.82 Å². The van der Waals surface area contributed by atoms with Crippen molar-refractivity contribution in [1.29, 1.82) is 0 Å². The van der Waals surface area contributed by atoms with Crippen molar-refractivity contribution in [1.82, 2.24) is 30.0 Å². The largest absolute Gasteiger partial charge is 0.359 e. The number of carbonyl (C=O) groups is 1. The zero-order valence-electron chi connectivity index (χ0n) is 14.9. The number of pyridine rings is 1. The molecule has 3 aromatic heterocycles. The monoisotopic (exact) mass is 351 g/mol. The Labute approximate surface area is 151 Å². The molecule has 0 radical (unpaired) electrons. The molecule has 1 aliphatic rings. The van der Waals surface area contributed by atoms with Crippen molar-refractivity contribution >= 4 is 22.8 Å². The molecule has 0 unspecified atom stereocenters. The minimum Gasteiger partial charge on any atom is -0.359 e. The van der Waals surface area contributed by atoms with Crippen LogP contribution in [0.2, 0.25) is 0 Å². The lowest BCUT2D eigenvalue weighted by Gasteiger charge is -2.33. The molecule has 8 heteroatoms. The quantitative estimate of drug-likeness (QED) is 0.767. The van der Waals surface area contributed by atoms with Gasteiger partial charge >= 0.3 is 0 Å². The van der Waals surface area contributed by atoms with Gasteiger partial charge in [-0.05, 0) is 25.0 Å². The van der Waals surface area contributed by atoms with Crippen molar-refractivity contribution in [2.75, 3.05) is 25.0 Å². The number of nitrogens with one attached hydrogen (secondary N) is 1. The Morgan fingerprint density at radius 1 is 1.27 bits per heavy atom. The van der Waals surface area contributed by atoms with E-state index in [0.29, 0.717) is 12.4 Å². The lowest BCUT2D eigenvalue weighted by molar-refractivity contribution is -0.124. The van der Waals surface area contributed by atoms with E-state index in [-0.39, 0.29) is 11.8 Å². The molecule has 0 aromatic carbocycles. The third-order valence-electron chi connectivity index (χ3n) is 4.85. The van der Waals surface area contributed by atoms with Gasteiger partial charge in [-0.1, -0.05) is 0 Å². The normalized spacial score (nSPS) is 17.5. The first-order valence-electron chi connectivity index (χ1n) is 8.74. The van der Waals surface area contributed by atoms with Crippen molar-refractivity contribution in [3.05, 3.63) is 30.7 Å². The van der Waals surface area contributed by atoms with Gasteiger partial charge in [0, 0.05) is 45.1 Å². The molecule has 3 aromatic rings. The second-order valence-corrected chi connectivity index (χ2v) is 6.51. The van der Waals surface area contributed by atoms with Gasteiger partial charge in [-0.3, -0.25) is 14.5 Å². The fourth-order valence-corrected chi connectivity index (χ4v) is 3.47. The van der Waals surface area contributed by atoms with Gasteiger partial charge < -0.3 is 10.2 Å². The summed E-state index contributed by atoms with van der Waals surface area (Å²) in [7, 11) is 3.56. The molecule has 0 aliphatic carbocycles. The van der Waals surface area contributed by atoms with E-state index in [1.165, 1.54) is 0 Å². The smallest absolute Gasteiger partial charge is 0.224 e. The van der Waals surface area contributed by atoms with Crippen LogP contribution in [0.3, 0.4) is 0 Å². The molecule has 0 saturated carbocycles. The number of aryl methyl sites for hydroxylation is 1. The van der Waals surface area contributed by atoms with Crippen molar-refractivity contribution in [2.24, 2.45) is 13.0 Å². The average Bonchev–Trinajstić information content (AvgIpc) is 3.08. The minimum atomic E-state index is -0.0280. The van der Waals surface area contributed by atoms with Crippen LogP contribution in [0.4, 0.5) is 5.82 Å². The molecule has 0 spiro atoms. The highest BCUT2D eigenvalue weighted by Gasteiger charge is 2.28. The first-order chi connectivity index (χ1) is 12.7. The van der Waals surface area contributed by atoms with Gasteiger partial charge in [0.2, 0.25) is 5.91 Å². The van der Waals surface area contributed by atoms with Crippen LogP contribution in [0.15, 0.2) is 30.7 Å². The minimum absolute atomic E-state index is 0.0280. The van der Waals surface area contributed by atoms with Gasteiger partial charge in [-0.15, -0.1) is 0 Å². The number of hydrogen-bond donors (Lipinski definition) is 1. The van der Waals surface area contributed by atoms with Crippen LogP contribution in [-0.4, -0.2) is 50.8 Å². The van der Waals surface area contributed by atoms with Crippen molar-refractivity contribution in [3.8, 4) is 11.4 Å². The summed E-state index contributed by atoms with van der Waals surface area (Å²) < 4.78 is 1.76. The van der Waals surface area contributed by atoms with Crippen LogP contribution < -0.4 is 10.2 Å². The van der Waals surface area contributed by atoms with Crippen LogP contribution in [0.1, 0.15) is 12.8 Å². The van der Waals surface area contributed by atoms with Crippen molar-refractivity contribution < 1.29 is 4.79 Å². The van der Waals surface area contributed by atoms with Gasteiger partial charge in [0.25, 0.3) is 0 Å². The van der Waals surface area contributed by atoms with E-state index >= 15 is 0 Å². The van der Waals surface area contributed by atoms with E-state index in [0.717, 1.165) is 41.8 Å². The third-order valence-corrected chi connectivity index (χ3v) is 4.85. The molecule has 1 fully saturated rings. The Morgan fingerprint density at radius 2 is 2.08 bits per heavy atom. The Balaban J connectivity index is 1.80. The molecule has 1 amide bonds. The first-order valence-corrected chi connectivity index (χ1v) is 8.74. The van der Waals surface area contributed by atoms with Crippen LogP contribution in [-0.2, 0) is 11.8 Å². The van der Waals surface area contributed by atoms with Crippen molar-refractivity contribution in [3.63, 3.8) is 0 Å². The number of carbonyl (C=O) groups excluding carboxylic acids is 1. The molecule has 1 N–H and O–H groups in total. The lowest BCUT2D eigenvalue weighted by Crippen LogP contribution is -2.42. The standard InChI is InChI=1S/C18H21N7O/c1-19-18(26)13-4-3-9-25(11-13)17-14-10-21-24(2)16(14)22-15(23-17)12-5-7-20-8-6-12/h5-8,10,13H,3-4,9,11H2,1-2H3,(H,19,26)/t13-/m0/s1. The van der Waals surface area contributed by atoms with Crippen LogP contribution in [0.5, 0.6) is 0 Å². The second kappa shape index (κ2) is 6.70. The summed E-state index contributed by atoms with van der Waals surface area (Å²) in [6.07, 6.45) is 7.11. The van der Waals surface area contributed by atoms with Gasteiger partial charge in [0.05, 0.1) is 17.5 Å². The molecule has 0 bridgehead atoms. The number of rotatable bonds is 3. The Kier molecular flexibility index (Phi) is 4.24. The molecule has 26 heavy (non-hydrogen) atoms. The molecule has 4 rings (SSSR count). The molecular formula is C18H21N7O. The van der Waals surface area contributed by atoms with E-state index in [9.17, 15) is 4.79 Å². The SMILES string of the molecule is CNC(=O)[C@H]1CCCN(c2nc(-c3ccncc3)nc3c2cnn3C)C1. The molecule has 8 nitrogen and oxygen atoms in total. The number of piperidine rings is 1. The predicted molar refractivity (Wildman–Crippen MR) is 98.5 cm³/mol. The highest BCUT2D eigenvalue weighted by molar-refractivity contribution is 5.89. The highest BCUT2D eigenvalue weighted by Crippen LogP contribution is 2.30. The summed E-state index contributed by atoms with van der Waals surface area (Å²) >= 11 is 0. The fourth-order valence-electron chi connectivity index (χ4n) is 3.47. The zero-order chi connectivity index (χ0) is 18.1.